The summed E-state index contributed by atoms with van der Waals surface area (Å²) in [5.74, 6) is 0. The van der Waals surface area contributed by atoms with Crippen molar-refractivity contribution in [1.82, 2.24) is 15.2 Å². The number of aromatic nitrogens is 1. The van der Waals surface area contributed by atoms with Gasteiger partial charge in [0, 0.05) is 12.6 Å². The molecular weight excluding hydrogens is 242 g/mol. The van der Waals surface area contributed by atoms with Crippen molar-refractivity contribution in [1.29, 1.82) is 0 Å². The Hall–Kier alpha value is -0.970. The minimum absolute atomic E-state index is 0.660. The predicted octanol–water partition coefficient (Wildman–Crippen LogP) is 2.48. The summed E-state index contributed by atoms with van der Waals surface area (Å²) in [6, 6.07) is 9.02. The molecule has 3 rings (SSSR count). The van der Waals surface area contributed by atoms with Gasteiger partial charge in [-0.05, 0) is 45.1 Å². The lowest BCUT2D eigenvalue weighted by molar-refractivity contribution is 0.234. The van der Waals surface area contributed by atoms with E-state index >= 15 is 0 Å². The molecule has 1 aliphatic heterocycles. The summed E-state index contributed by atoms with van der Waals surface area (Å²) in [6.45, 7) is 3.32. The molecule has 0 atom stereocenters. The van der Waals surface area contributed by atoms with Crippen LogP contribution in [0.5, 0.6) is 0 Å². The van der Waals surface area contributed by atoms with Crippen LogP contribution in [0.2, 0.25) is 0 Å². The summed E-state index contributed by atoms with van der Waals surface area (Å²) in [4.78, 5) is 7.06. The van der Waals surface area contributed by atoms with Gasteiger partial charge >= 0.3 is 0 Å². The normalized spacial score (nSPS) is 18.5. The van der Waals surface area contributed by atoms with Crippen molar-refractivity contribution >= 4 is 21.6 Å². The Bertz CT molecular complexity index is 481. The van der Waals surface area contributed by atoms with Gasteiger partial charge in [-0.25, -0.2) is 4.98 Å². The van der Waals surface area contributed by atoms with Crippen LogP contribution in [0.25, 0.3) is 10.2 Å². The number of para-hydroxylation sites is 1. The first-order valence-corrected chi connectivity index (χ1v) is 7.39. The molecule has 0 aliphatic carbocycles. The standard InChI is InChI=1S/C14H19N3S/c1-17-8-6-11(7-9-17)15-10-14-16-12-4-2-3-5-13(12)18-14/h2-5,11,15H,6-10H2,1H3. The van der Waals surface area contributed by atoms with Crippen LogP contribution in [-0.4, -0.2) is 36.1 Å². The first kappa shape index (κ1) is 12.1. The van der Waals surface area contributed by atoms with E-state index in [1.165, 1.54) is 35.6 Å². The molecular formula is C14H19N3S. The van der Waals surface area contributed by atoms with E-state index in [2.05, 4.69) is 46.5 Å². The molecule has 4 heteroatoms. The van der Waals surface area contributed by atoms with Gasteiger partial charge in [-0.3, -0.25) is 0 Å². The molecule has 1 aromatic heterocycles. The number of nitrogens with zero attached hydrogens (tertiary/aromatic N) is 2. The van der Waals surface area contributed by atoms with E-state index in [1.54, 1.807) is 11.3 Å². The maximum absolute atomic E-state index is 4.66. The molecule has 1 saturated heterocycles. The smallest absolute Gasteiger partial charge is 0.108 e. The molecule has 0 spiro atoms. The number of rotatable bonds is 3. The third kappa shape index (κ3) is 2.71. The topological polar surface area (TPSA) is 28.2 Å². The van der Waals surface area contributed by atoms with E-state index in [-0.39, 0.29) is 0 Å². The summed E-state index contributed by atoms with van der Waals surface area (Å²) in [5.41, 5.74) is 1.13. The molecule has 1 aromatic carbocycles. The van der Waals surface area contributed by atoms with Crippen LogP contribution in [-0.2, 0) is 6.54 Å². The number of piperidine rings is 1. The van der Waals surface area contributed by atoms with Crippen molar-refractivity contribution < 1.29 is 0 Å². The van der Waals surface area contributed by atoms with Gasteiger partial charge in [-0.2, -0.15) is 0 Å². The largest absolute Gasteiger partial charge is 0.308 e. The minimum Gasteiger partial charge on any atom is -0.308 e. The Morgan fingerprint density at radius 3 is 2.89 bits per heavy atom. The Labute approximate surface area is 112 Å². The van der Waals surface area contributed by atoms with Crippen LogP contribution in [0.15, 0.2) is 24.3 Å². The highest BCUT2D eigenvalue weighted by molar-refractivity contribution is 7.18. The van der Waals surface area contributed by atoms with Crippen molar-refractivity contribution in [2.24, 2.45) is 0 Å². The molecule has 0 radical (unpaired) electrons. The van der Waals surface area contributed by atoms with Crippen molar-refractivity contribution in [3.05, 3.63) is 29.3 Å². The number of hydrogen-bond acceptors (Lipinski definition) is 4. The van der Waals surface area contributed by atoms with Crippen LogP contribution in [0.1, 0.15) is 17.8 Å². The van der Waals surface area contributed by atoms with Crippen LogP contribution >= 0.6 is 11.3 Å². The maximum Gasteiger partial charge on any atom is 0.108 e. The van der Waals surface area contributed by atoms with Gasteiger partial charge in [0.05, 0.1) is 10.2 Å². The molecule has 2 heterocycles. The molecule has 0 amide bonds. The highest BCUT2D eigenvalue weighted by atomic mass is 32.1. The summed E-state index contributed by atoms with van der Waals surface area (Å²) in [7, 11) is 2.20. The van der Waals surface area contributed by atoms with E-state index in [4.69, 9.17) is 0 Å². The first-order valence-electron chi connectivity index (χ1n) is 6.57. The lowest BCUT2D eigenvalue weighted by Crippen LogP contribution is -2.40. The van der Waals surface area contributed by atoms with Gasteiger partial charge in [0.1, 0.15) is 5.01 Å². The third-order valence-electron chi connectivity index (χ3n) is 3.60. The molecule has 96 valence electrons. The van der Waals surface area contributed by atoms with E-state index in [9.17, 15) is 0 Å². The van der Waals surface area contributed by atoms with Crippen molar-refractivity contribution in [3.63, 3.8) is 0 Å². The second-order valence-electron chi connectivity index (χ2n) is 5.03. The van der Waals surface area contributed by atoms with Crippen LogP contribution in [0.3, 0.4) is 0 Å². The molecule has 0 unspecified atom stereocenters. The quantitative estimate of drug-likeness (QED) is 0.920. The Morgan fingerprint density at radius 2 is 2.11 bits per heavy atom. The minimum atomic E-state index is 0.660. The maximum atomic E-state index is 4.66. The zero-order valence-corrected chi connectivity index (χ0v) is 11.5. The second-order valence-corrected chi connectivity index (χ2v) is 6.15. The van der Waals surface area contributed by atoms with Crippen molar-refractivity contribution in [3.8, 4) is 0 Å². The molecule has 1 aliphatic rings. The molecule has 1 fully saturated rings. The zero-order chi connectivity index (χ0) is 12.4. The van der Waals surface area contributed by atoms with Crippen LogP contribution in [0, 0.1) is 0 Å². The van der Waals surface area contributed by atoms with E-state index < -0.39 is 0 Å². The number of likely N-dealkylation sites (tertiary alicyclic amines) is 1. The number of thiazole rings is 1. The highest BCUT2D eigenvalue weighted by Crippen LogP contribution is 2.21. The fraction of sp³-hybridized carbons (Fsp3) is 0.500. The summed E-state index contributed by atoms with van der Waals surface area (Å²) in [5, 5.41) is 4.84. The van der Waals surface area contributed by atoms with Gasteiger partial charge in [0.15, 0.2) is 0 Å². The Kier molecular flexibility index (Phi) is 3.59. The molecule has 0 bridgehead atoms. The fourth-order valence-electron chi connectivity index (χ4n) is 2.44. The van der Waals surface area contributed by atoms with E-state index in [0.29, 0.717) is 6.04 Å². The SMILES string of the molecule is CN1CCC(NCc2nc3ccccc3s2)CC1. The lowest BCUT2D eigenvalue weighted by Gasteiger charge is -2.29. The first-order chi connectivity index (χ1) is 8.81. The van der Waals surface area contributed by atoms with E-state index in [0.717, 1.165) is 12.1 Å². The third-order valence-corrected chi connectivity index (χ3v) is 4.64. The number of fused-ring (bicyclic) bond motifs is 1. The molecule has 18 heavy (non-hydrogen) atoms. The Balaban J connectivity index is 1.59. The lowest BCUT2D eigenvalue weighted by atomic mass is 10.1. The summed E-state index contributed by atoms with van der Waals surface area (Å²) in [6.07, 6.45) is 2.50. The van der Waals surface area contributed by atoms with Gasteiger partial charge in [-0.1, -0.05) is 12.1 Å². The summed E-state index contributed by atoms with van der Waals surface area (Å²) < 4.78 is 1.29. The van der Waals surface area contributed by atoms with E-state index in [1.807, 2.05) is 0 Å². The Morgan fingerprint density at radius 1 is 1.33 bits per heavy atom. The number of hydrogen-bond donors (Lipinski definition) is 1. The van der Waals surface area contributed by atoms with Crippen molar-refractivity contribution in [2.45, 2.75) is 25.4 Å². The van der Waals surface area contributed by atoms with Crippen LogP contribution < -0.4 is 5.32 Å². The summed E-state index contributed by atoms with van der Waals surface area (Å²) >= 11 is 1.80. The van der Waals surface area contributed by atoms with Crippen LogP contribution in [0.4, 0.5) is 0 Å². The second kappa shape index (κ2) is 5.34. The molecule has 1 N–H and O–H groups in total. The van der Waals surface area contributed by atoms with Gasteiger partial charge in [0.25, 0.3) is 0 Å². The average molecular weight is 261 g/mol. The number of benzene rings is 1. The molecule has 3 nitrogen and oxygen atoms in total. The monoisotopic (exact) mass is 261 g/mol. The zero-order valence-electron chi connectivity index (χ0n) is 10.7. The number of nitrogens with one attached hydrogen (secondary N) is 1. The van der Waals surface area contributed by atoms with Gasteiger partial charge in [-0.15, -0.1) is 11.3 Å². The van der Waals surface area contributed by atoms with Gasteiger partial charge < -0.3 is 10.2 Å². The molecule has 2 aromatic rings. The fourth-order valence-corrected chi connectivity index (χ4v) is 3.36. The highest BCUT2D eigenvalue weighted by Gasteiger charge is 2.16. The van der Waals surface area contributed by atoms with Gasteiger partial charge in [0.2, 0.25) is 0 Å². The predicted molar refractivity (Wildman–Crippen MR) is 77.0 cm³/mol. The average Bonchev–Trinajstić information content (AvgIpc) is 2.81. The van der Waals surface area contributed by atoms with Crippen molar-refractivity contribution in [2.75, 3.05) is 20.1 Å². The molecule has 0 saturated carbocycles.